The number of azo groups is 1. The molecule has 5 heteroatoms. The number of aryl methyl sites for hydroxylation is 1. The number of hydrogen-bond donors (Lipinski definition) is 1. The number of phenolic OH excluding ortho intramolecular Hbond substituents is 1. The average Bonchev–Trinajstić information content (AvgIpc) is 3.00. The van der Waals surface area contributed by atoms with Gasteiger partial charge in [-0.3, -0.25) is 0 Å². The minimum atomic E-state index is -0.167. The maximum atomic E-state index is 10.1. The third kappa shape index (κ3) is 2.70. The van der Waals surface area contributed by atoms with Gasteiger partial charge in [0.25, 0.3) is 0 Å². The lowest BCUT2D eigenvalue weighted by molar-refractivity contribution is 0.414. The van der Waals surface area contributed by atoms with E-state index in [1.54, 1.807) is 13.2 Å². The second-order valence-electron chi connectivity index (χ2n) is 5.13. The Hall–Kier alpha value is -2.33. The summed E-state index contributed by atoms with van der Waals surface area (Å²) in [4.78, 5) is 0. The fraction of sp³-hybridized carbons (Fsp3) is 0.176. The minimum Gasteiger partial charge on any atom is -0.506 e. The molecular formula is C17H15ClN2O2. The van der Waals surface area contributed by atoms with E-state index in [0.29, 0.717) is 16.3 Å². The highest BCUT2D eigenvalue weighted by Crippen LogP contribution is 2.39. The van der Waals surface area contributed by atoms with Crippen molar-refractivity contribution < 1.29 is 9.84 Å². The topological polar surface area (TPSA) is 54.2 Å². The van der Waals surface area contributed by atoms with Crippen LogP contribution >= 0.6 is 11.6 Å². The summed E-state index contributed by atoms with van der Waals surface area (Å²) in [7, 11) is 1.63. The smallest absolute Gasteiger partial charge is 0.143 e. The van der Waals surface area contributed by atoms with Gasteiger partial charge in [0.1, 0.15) is 17.5 Å². The maximum Gasteiger partial charge on any atom is 0.143 e. The molecule has 2 aromatic carbocycles. The summed E-state index contributed by atoms with van der Waals surface area (Å²) in [6.07, 6.45) is 1.91. The van der Waals surface area contributed by atoms with E-state index < -0.39 is 0 Å². The zero-order chi connectivity index (χ0) is 15.7. The van der Waals surface area contributed by atoms with E-state index >= 15 is 0 Å². The summed E-state index contributed by atoms with van der Waals surface area (Å²) in [6.45, 7) is 1.92. The van der Waals surface area contributed by atoms with E-state index in [4.69, 9.17) is 16.3 Å². The van der Waals surface area contributed by atoms with Crippen molar-refractivity contribution in [2.75, 3.05) is 7.11 Å². The zero-order valence-electron chi connectivity index (χ0n) is 12.2. The Morgan fingerprint density at radius 1 is 1.18 bits per heavy atom. The Morgan fingerprint density at radius 3 is 2.59 bits per heavy atom. The van der Waals surface area contributed by atoms with E-state index in [9.17, 15) is 5.11 Å². The van der Waals surface area contributed by atoms with Gasteiger partial charge in [-0.2, -0.15) is 10.2 Å². The molecule has 0 radical (unpaired) electrons. The van der Waals surface area contributed by atoms with E-state index in [0.717, 1.165) is 16.9 Å². The number of phenols is 1. The van der Waals surface area contributed by atoms with Gasteiger partial charge in [-0.15, -0.1) is 0 Å². The van der Waals surface area contributed by atoms with E-state index in [1.807, 2.05) is 43.3 Å². The van der Waals surface area contributed by atoms with Crippen LogP contribution in [0.15, 0.2) is 52.7 Å². The predicted octanol–water partition coefficient (Wildman–Crippen LogP) is 4.91. The van der Waals surface area contributed by atoms with Gasteiger partial charge < -0.3 is 9.84 Å². The van der Waals surface area contributed by atoms with Gasteiger partial charge in [-0.05, 0) is 48.4 Å². The van der Waals surface area contributed by atoms with E-state index in [2.05, 4.69) is 10.2 Å². The van der Waals surface area contributed by atoms with Gasteiger partial charge in [0, 0.05) is 5.56 Å². The lowest BCUT2D eigenvalue weighted by Gasteiger charge is -2.06. The van der Waals surface area contributed by atoms with Gasteiger partial charge in [0.2, 0.25) is 0 Å². The summed E-state index contributed by atoms with van der Waals surface area (Å²) < 4.78 is 5.15. The first kappa shape index (κ1) is 14.6. The van der Waals surface area contributed by atoms with Crippen LogP contribution in [0.25, 0.3) is 5.70 Å². The fourth-order valence-electron chi connectivity index (χ4n) is 2.38. The van der Waals surface area contributed by atoms with E-state index in [-0.39, 0.29) is 11.8 Å². The van der Waals surface area contributed by atoms with Crippen LogP contribution in [0.2, 0.25) is 5.02 Å². The minimum absolute atomic E-state index is 0.0350. The molecule has 0 aromatic heterocycles. The molecule has 0 saturated heterocycles. The molecule has 0 spiro atoms. The monoisotopic (exact) mass is 314 g/mol. The fourth-order valence-corrected chi connectivity index (χ4v) is 2.65. The van der Waals surface area contributed by atoms with Crippen molar-refractivity contribution in [2.45, 2.75) is 13.0 Å². The molecular weight excluding hydrogens is 300 g/mol. The molecule has 0 amide bonds. The van der Waals surface area contributed by atoms with Crippen LogP contribution in [-0.4, -0.2) is 12.2 Å². The Balaban J connectivity index is 1.93. The van der Waals surface area contributed by atoms with Crippen molar-refractivity contribution in [1.29, 1.82) is 0 Å². The molecule has 0 aliphatic carbocycles. The third-order valence-electron chi connectivity index (χ3n) is 3.55. The molecule has 112 valence electrons. The summed E-state index contributed by atoms with van der Waals surface area (Å²) in [5.74, 6) is 0.832. The molecule has 1 atom stereocenters. The van der Waals surface area contributed by atoms with Crippen molar-refractivity contribution in [3.8, 4) is 11.5 Å². The molecule has 0 saturated carbocycles. The van der Waals surface area contributed by atoms with Gasteiger partial charge in [-0.1, -0.05) is 23.7 Å². The number of ether oxygens (including phenoxy) is 1. The molecule has 1 aliphatic rings. The standard InChI is InChI=1S/C17H15ClN2O2/c1-10-7-13(17(21)14(18)8-10)16-9-15(19-20-16)11-3-5-12(22-2)6-4-11/h3-9,15,21H,1-2H3. The van der Waals surface area contributed by atoms with Crippen molar-refractivity contribution >= 4 is 17.3 Å². The number of rotatable bonds is 3. The maximum absolute atomic E-state index is 10.1. The first-order chi connectivity index (χ1) is 10.6. The molecule has 1 heterocycles. The highest BCUT2D eigenvalue weighted by atomic mass is 35.5. The van der Waals surface area contributed by atoms with Crippen molar-refractivity contribution in [3.05, 3.63) is 64.2 Å². The third-order valence-corrected chi connectivity index (χ3v) is 3.83. The van der Waals surface area contributed by atoms with Crippen LogP contribution in [-0.2, 0) is 0 Å². The largest absolute Gasteiger partial charge is 0.506 e. The molecule has 0 bridgehead atoms. The number of methoxy groups -OCH3 is 1. The van der Waals surface area contributed by atoms with Crippen molar-refractivity contribution in [2.24, 2.45) is 10.2 Å². The molecule has 3 rings (SSSR count). The second kappa shape index (κ2) is 5.81. The Morgan fingerprint density at radius 2 is 1.91 bits per heavy atom. The Labute approximate surface area is 133 Å². The average molecular weight is 315 g/mol. The lowest BCUT2D eigenvalue weighted by atomic mass is 10.0. The highest BCUT2D eigenvalue weighted by molar-refractivity contribution is 6.32. The van der Waals surface area contributed by atoms with Crippen LogP contribution in [0.3, 0.4) is 0 Å². The number of aromatic hydroxyl groups is 1. The molecule has 22 heavy (non-hydrogen) atoms. The zero-order valence-corrected chi connectivity index (χ0v) is 13.0. The first-order valence-corrected chi connectivity index (χ1v) is 7.22. The number of nitrogens with zero attached hydrogens (tertiary/aromatic N) is 2. The molecule has 1 aliphatic heterocycles. The van der Waals surface area contributed by atoms with Crippen LogP contribution in [0.5, 0.6) is 11.5 Å². The van der Waals surface area contributed by atoms with Crippen LogP contribution in [0, 0.1) is 6.92 Å². The summed E-state index contributed by atoms with van der Waals surface area (Å²) >= 11 is 6.02. The number of halogens is 1. The second-order valence-corrected chi connectivity index (χ2v) is 5.54. The van der Waals surface area contributed by atoms with E-state index in [1.165, 1.54) is 0 Å². The van der Waals surface area contributed by atoms with Gasteiger partial charge in [0.15, 0.2) is 0 Å². The van der Waals surface area contributed by atoms with Crippen molar-refractivity contribution in [3.63, 3.8) is 0 Å². The molecule has 1 unspecified atom stereocenters. The van der Waals surface area contributed by atoms with Crippen LogP contribution in [0.4, 0.5) is 0 Å². The molecule has 1 N–H and O–H groups in total. The number of hydrogen-bond acceptors (Lipinski definition) is 4. The van der Waals surface area contributed by atoms with Crippen LogP contribution < -0.4 is 4.74 Å². The Kier molecular flexibility index (Phi) is 3.86. The summed E-state index contributed by atoms with van der Waals surface area (Å²) in [5, 5.41) is 18.9. The van der Waals surface area contributed by atoms with Crippen LogP contribution in [0.1, 0.15) is 22.7 Å². The lowest BCUT2D eigenvalue weighted by Crippen LogP contribution is -1.90. The molecule has 2 aromatic rings. The highest BCUT2D eigenvalue weighted by Gasteiger charge is 2.19. The van der Waals surface area contributed by atoms with Gasteiger partial charge in [0.05, 0.1) is 17.8 Å². The number of benzene rings is 2. The van der Waals surface area contributed by atoms with Gasteiger partial charge in [-0.25, -0.2) is 0 Å². The van der Waals surface area contributed by atoms with Crippen molar-refractivity contribution in [1.82, 2.24) is 0 Å². The predicted molar refractivity (Wildman–Crippen MR) is 86.4 cm³/mol. The summed E-state index contributed by atoms with van der Waals surface area (Å²) in [5.41, 5.74) is 3.20. The normalized spacial score (nSPS) is 16.7. The first-order valence-electron chi connectivity index (χ1n) is 6.84. The SMILES string of the molecule is COc1ccc(C2C=C(c3cc(C)cc(Cl)c3O)N=N2)cc1. The quantitative estimate of drug-likeness (QED) is 0.875. The Bertz CT molecular complexity index is 767. The molecule has 0 fully saturated rings. The van der Waals surface area contributed by atoms with Gasteiger partial charge >= 0.3 is 0 Å². The summed E-state index contributed by atoms with van der Waals surface area (Å²) in [6, 6.07) is 11.1. The molecule has 4 nitrogen and oxygen atoms in total.